The first kappa shape index (κ1) is 22.0. The first-order valence-electron chi connectivity index (χ1n) is 9.49. The molecule has 1 atom stereocenters. The summed E-state index contributed by atoms with van der Waals surface area (Å²) in [6, 6.07) is 6.04. The van der Waals surface area contributed by atoms with E-state index in [2.05, 4.69) is 26.1 Å². The lowest BCUT2D eigenvalue weighted by Crippen LogP contribution is -2.40. The highest BCUT2D eigenvalue weighted by molar-refractivity contribution is 5.92. The van der Waals surface area contributed by atoms with Gasteiger partial charge in [-0.2, -0.15) is 0 Å². The standard InChI is InChI=1S/C21H35N3O2/c1-9-20(25)24(16(6)14(2)3)13-17-12-18(22-21(26)15(4)5)10-11-19(17)23(7)8/h10-12,14-16H,9,13H2,1-8H3,(H,22,26). The van der Waals surface area contributed by atoms with Crippen LogP contribution in [-0.4, -0.2) is 36.9 Å². The Hall–Kier alpha value is -2.04. The third-order valence-corrected chi connectivity index (χ3v) is 4.77. The largest absolute Gasteiger partial charge is 0.377 e. The van der Waals surface area contributed by atoms with Gasteiger partial charge in [-0.15, -0.1) is 0 Å². The summed E-state index contributed by atoms with van der Waals surface area (Å²) >= 11 is 0. The fourth-order valence-corrected chi connectivity index (χ4v) is 2.72. The number of carbonyl (C=O) groups is 2. The van der Waals surface area contributed by atoms with Gasteiger partial charge in [-0.05, 0) is 36.6 Å². The lowest BCUT2D eigenvalue weighted by Gasteiger charge is -2.33. The third kappa shape index (κ3) is 5.75. The molecule has 0 saturated carbocycles. The van der Waals surface area contributed by atoms with Crippen LogP contribution in [-0.2, 0) is 16.1 Å². The van der Waals surface area contributed by atoms with Gasteiger partial charge < -0.3 is 15.1 Å². The number of hydrogen-bond donors (Lipinski definition) is 1. The zero-order valence-electron chi connectivity index (χ0n) is 17.6. The normalized spacial score (nSPS) is 12.2. The van der Waals surface area contributed by atoms with Crippen LogP contribution in [0.1, 0.15) is 53.5 Å². The molecule has 5 nitrogen and oxygen atoms in total. The molecule has 1 aromatic rings. The van der Waals surface area contributed by atoms with Crippen molar-refractivity contribution in [2.45, 2.75) is 60.5 Å². The quantitative estimate of drug-likeness (QED) is 0.757. The van der Waals surface area contributed by atoms with E-state index in [4.69, 9.17) is 0 Å². The monoisotopic (exact) mass is 361 g/mol. The molecule has 5 heteroatoms. The van der Waals surface area contributed by atoms with Crippen LogP contribution in [0.2, 0.25) is 0 Å². The predicted octanol–water partition coefficient (Wildman–Crippen LogP) is 4.13. The summed E-state index contributed by atoms with van der Waals surface area (Å²) in [7, 11) is 3.98. The second-order valence-corrected chi connectivity index (χ2v) is 7.74. The molecule has 1 N–H and O–H groups in total. The maximum atomic E-state index is 12.5. The first-order chi connectivity index (χ1) is 12.1. The molecule has 0 heterocycles. The molecule has 0 aliphatic heterocycles. The van der Waals surface area contributed by atoms with E-state index in [-0.39, 0.29) is 23.8 Å². The van der Waals surface area contributed by atoms with E-state index < -0.39 is 0 Å². The number of anilines is 2. The second-order valence-electron chi connectivity index (χ2n) is 7.74. The Labute approximate surface area is 158 Å². The van der Waals surface area contributed by atoms with Crippen LogP contribution in [0, 0.1) is 11.8 Å². The van der Waals surface area contributed by atoms with Gasteiger partial charge in [0.25, 0.3) is 0 Å². The van der Waals surface area contributed by atoms with Gasteiger partial charge in [-0.1, -0.05) is 34.6 Å². The molecule has 0 saturated heterocycles. The lowest BCUT2D eigenvalue weighted by molar-refractivity contribution is -0.134. The number of nitrogens with one attached hydrogen (secondary N) is 1. The van der Waals surface area contributed by atoms with Crippen molar-refractivity contribution in [2.24, 2.45) is 11.8 Å². The lowest BCUT2D eigenvalue weighted by atomic mass is 10.0. The molecule has 146 valence electrons. The van der Waals surface area contributed by atoms with E-state index >= 15 is 0 Å². The molecule has 2 amide bonds. The van der Waals surface area contributed by atoms with Gasteiger partial charge in [-0.25, -0.2) is 0 Å². The van der Waals surface area contributed by atoms with Crippen molar-refractivity contribution >= 4 is 23.2 Å². The van der Waals surface area contributed by atoms with Crippen molar-refractivity contribution in [3.05, 3.63) is 23.8 Å². The molecule has 0 aliphatic carbocycles. The van der Waals surface area contributed by atoms with E-state index in [0.717, 1.165) is 16.9 Å². The minimum Gasteiger partial charge on any atom is -0.377 e. The fraction of sp³-hybridized carbons (Fsp3) is 0.619. The van der Waals surface area contributed by atoms with Crippen molar-refractivity contribution in [3.63, 3.8) is 0 Å². The average molecular weight is 362 g/mol. The van der Waals surface area contributed by atoms with E-state index in [1.54, 1.807) is 0 Å². The molecule has 0 aliphatic rings. The third-order valence-electron chi connectivity index (χ3n) is 4.77. The molecule has 0 radical (unpaired) electrons. The maximum Gasteiger partial charge on any atom is 0.226 e. The van der Waals surface area contributed by atoms with Gasteiger partial charge in [0.05, 0.1) is 0 Å². The molecular formula is C21H35N3O2. The molecule has 0 fully saturated rings. The Kier molecular flexibility index (Phi) is 8.12. The SMILES string of the molecule is CCC(=O)N(Cc1cc(NC(=O)C(C)C)ccc1N(C)C)C(C)C(C)C. The Balaban J connectivity index is 3.23. The van der Waals surface area contributed by atoms with Gasteiger partial charge in [0.1, 0.15) is 0 Å². The topological polar surface area (TPSA) is 52.7 Å². The maximum absolute atomic E-state index is 12.5. The zero-order chi connectivity index (χ0) is 20.0. The van der Waals surface area contributed by atoms with Crippen molar-refractivity contribution in [3.8, 4) is 0 Å². The van der Waals surface area contributed by atoms with E-state index in [1.807, 2.05) is 62.9 Å². The number of nitrogens with zero attached hydrogens (tertiary/aromatic N) is 2. The van der Waals surface area contributed by atoms with Crippen molar-refractivity contribution in [2.75, 3.05) is 24.3 Å². The molecule has 1 rings (SSSR count). The van der Waals surface area contributed by atoms with Crippen LogP contribution in [0.3, 0.4) is 0 Å². The summed E-state index contributed by atoms with van der Waals surface area (Å²) in [6.07, 6.45) is 0.484. The highest BCUT2D eigenvalue weighted by Gasteiger charge is 2.23. The predicted molar refractivity (Wildman–Crippen MR) is 109 cm³/mol. The summed E-state index contributed by atoms with van der Waals surface area (Å²) in [5.74, 6) is 0.432. The number of benzene rings is 1. The summed E-state index contributed by atoms with van der Waals surface area (Å²) in [4.78, 5) is 28.6. The molecule has 0 spiro atoms. The van der Waals surface area contributed by atoms with Gasteiger partial charge in [-0.3, -0.25) is 9.59 Å². The van der Waals surface area contributed by atoms with Crippen LogP contribution >= 0.6 is 0 Å². The summed E-state index contributed by atoms with van der Waals surface area (Å²) in [6.45, 7) is 12.5. The summed E-state index contributed by atoms with van der Waals surface area (Å²) < 4.78 is 0. The van der Waals surface area contributed by atoms with E-state index in [0.29, 0.717) is 18.9 Å². The van der Waals surface area contributed by atoms with Gasteiger partial charge >= 0.3 is 0 Å². The average Bonchev–Trinajstić information content (AvgIpc) is 2.57. The first-order valence-corrected chi connectivity index (χ1v) is 9.49. The van der Waals surface area contributed by atoms with Crippen LogP contribution in [0.15, 0.2) is 18.2 Å². The van der Waals surface area contributed by atoms with Crippen molar-refractivity contribution in [1.29, 1.82) is 0 Å². The number of rotatable bonds is 8. The van der Waals surface area contributed by atoms with E-state index in [9.17, 15) is 9.59 Å². The van der Waals surface area contributed by atoms with Crippen LogP contribution in [0.25, 0.3) is 0 Å². The second kappa shape index (κ2) is 9.60. The Morgan fingerprint density at radius 2 is 1.69 bits per heavy atom. The minimum atomic E-state index is -0.0777. The van der Waals surface area contributed by atoms with Gasteiger partial charge in [0.15, 0.2) is 0 Å². The minimum absolute atomic E-state index is 0.00871. The molecule has 0 aromatic heterocycles. The summed E-state index contributed by atoms with van der Waals surface area (Å²) in [5, 5.41) is 2.96. The Morgan fingerprint density at radius 1 is 1.08 bits per heavy atom. The highest BCUT2D eigenvalue weighted by Crippen LogP contribution is 2.26. The molecule has 1 aromatic carbocycles. The van der Waals surface area contributed by atoms with Crippen molar-refractivity contribution < 1.29 is 9.59 Å². The Bertz CT molecular complexity index is 624. The van der Waals surface area contributed by atoms with Crippen molar-refractivity contribution in [1.82, 2.24) is 4.90 Å². The number of amides is 2. The van der Waals surface area contributed by atoms with Crippen LogP contribution < -0.4 is 10.2 Å². The molecular weight excluding hydrogens is 326 g/mol. The summed E-state index contributed by atoms with van der Waals surface area (Å²) in [5.41, 5.74) is 2.86. The number of carbonyl (C=O) groups excluding carboxylic acids is 2. The molecule has 26 heavy (non-hydrogen) atoms. The van der Waals surface area contributed by atoms with Crippen LogP contribution in [0.5, 0.6) is 0 Å². The zero-order valence-corrected chi connectivity index (χ0v) is 17.6. The Morgan fingerprint density at radius 3 is 2.15 bits per heavy atom. The van der Waals surface area contributed by atoms with Gasteiger partial charge in [0.2, 0.25) is 11.8 Å². The smallest absolute Gasteiger partial charge is 0.226 e. The number of hydrogen-bond acceptors (Lipinski definition) is 3. The van der Waals surface area contributed by atoms with E-state index in [1.165, 1.54) is 0 Å². The van der Waals surface area contributed by atoms with Crippen LogP contribution in [0.4, 0.5) is 11.4 Å². The highest BCUT2D eigenvalue weighted by atomic mass is 16.2. The van der Waals surface area contributed by atoms with Gasteiger partial charge in [0, 0.05) is 50.4 Å². The molecule has 1 unspecified atom stereocenters. The fourth-order valence-electron chi connectivity index (χ4n) is 2.72. The molecule has 0 bridgehead atoms.